The third-order valence-electron chi connectivity index (χ3n) is 3.48. The smallest absolute Gasteiger partial charge is 0.124 e. The normalized spacial score (nSPS) is 27.2. The molecule has 0 radical (unpaired) electrons. The summed E-state index contributed by atoms with van der Waals surface area (Å²) in [7, 11) is 0.0892. The summed E-state index contributed by atoms with van der Waals surface area (Å²) in [4.78, 5) is 0. The lowest BCUT2D eigenvalue weighted by atomic mass is 10.2. The SMILES string of the molecule is CCC(C)(Oc1ccc(C)cc1)P1CC1C. The summed E-state index contributed by atoms with van der Waals surface area (Å²) in [5.41, 5.74) is 2.18. The third kappa shape index (κ3) is 2.40. The summed E-state index contributed by atoms with van der Waals surface area (Å²) in [6.45, 7) is 8.97. The number of hydrogen-bond donors (Lipinski definition) is 0. The minimum Gasteiger partial charge on any atom is -0.483 e. The molecule has 0 bridgehead atoms. The molecule has 2 rings (SSSR count). The standard InChI is InChI=1S/C14H21OP/c1-5-14(4,16-10-12(16)3)15-13-8-6-11(2)7-9-13/h6-9,12H,5,10H2,1-4H3. The number of hydrogen-bond acceptors (Lipinski definition) is 1. The van der Waals surface area contributed by atoms with Gasteiger partial charge < -0.3 is 4.74 Å². The number of ether oxygens (including phenoxy) is 1. The molecule has 0 N–H and O–H groups in total. The van der Waals surface area contributed by atoms with Gasteiger partial charge in [-0.15, -0.1) is 0 Å². The zero-order chi connectivity index (χ0) is 11.8. The number of aryl methyl sites for hydroxylation is 1. The van der Waals surface area contributed by atoms with Crippen LogP contribution in [0.4, 0.5) is 0 Å². The Balaban J connectivity index is 2.09. The molecule has 3 atom stereocenters. The molecule has 0 saturated carbocycles. The zero-order valence-corrected chi connectivity index (χ0v) is 11.6. The summed E-state index contributed by atoms with van der Waals surface area (Å²) in [6.07, 6.45) is 2.49. The van der Waals surface area contributed by atoms with Crippen LogP contribution in [0, 0.1) is 6.92 Å². The monoisotopic (exact) mass is 236 g/mol. The second-order valence-electron chi connectivity index (χ2n) is 4.95. The van der Waals surface area contributed by atoms with Crippen LogP contribution in [0.3, 0.4) is 0 Å². The first-order valence-corrected chi connectivity index (χ1v) is 7.67. The highest BCUT2D eigenvalue weighted by molar-refractivity contribution is 7.67. The van der Waals surface area contributed by atoms with Crippen LogP contribution < -0.4 is 4.74 Å². The molecule has 0 amide bonds. The van der Waals surface area contributed by atoms with Gasteiger partial charge in [0.25, 0.3) is 0 Å². The summed E-state index contributed by atoms with van der Waals surface area (Å²) in [5.74, 6) is 1.02. The minimum absolute atomic E-state index is 0.0873. The minimum atomic E-state index is 0.0873. The second-order valence-corrected chi connectivity index (χ2v) is 8.08. The van der Waals surface area contributed by atoms with Gasteiger partial charge in [-0.25, -0.2) is 0 Å². The van der Waals surface area contributed by atoms with E-state index >= 15 is 0 Å². The lowest BCUT2D eigenvalue weighted by molar-refractivity contribution is 0.176. The average Bonchev–Trinajstić information content (AvgIpc) is 3.00. The van der Waals surface area contributed by atoms with Crippen LogP contribution in [0.15, 0.2) is 24.3 Å². The molecule has 0 spiro atoms. The first kappa shape index (κ1) is 11.9. The van der Waals surface area contributed by atoms with Gasteiger partial charge in [0.1, 0.15) is 11.1 Å². The summed E-state index contributed by atoms with van der Waals surface area (Å²) in [5, 5.41) is 0.0873. The van der Waals surface area contributed by atoms with Crippen LogP contribution in [-0.4, -0.2) is 17.2 Å². The van der Waals surface area contributed by atoms with Crippen molar-refractivity contribution in [3.8, 4) is 5.75 Å². The third-order valence-corrected chi connectivity index (χ3v) is 6.82. The molecule has 0 aromatic heterocycles. The van der Waals surface area contributed by atoms with Crippen molar-refractivity contribution in [2.45, 2.75) is 45.1 Å². The lowest BCUT2D eigenvalue weighted by Crippen LogP contribution is -2.26. The molecule has 1 nitrogen and oxygen atoms in total. The molecule has 1 fully saturated rings. The molecule has 3 unspecified atom stereocenters. The van der Waals surface area contributed by atoms with Crippen molar-refractivity contribution in [2.24, 2.45) is 0 Å². The molecule has 1 aliphatic rings. The molecule has 1 aromatic rings. The van der Waals surface area contributed by atoms with Crippen molar-refractivity contribution in [3.63, 3.8) is 0 Å². The fourth-order valence-corrected chi connectivity index (χ4v) is 4.76. The van der Waals surface area contributed by atoms with Gasteiger partial charge in [0.2, 0.25) is 0 Å². The fraction of sp³-hybridized carbons (Fsp3) is 0.571. The van der Waals surface area contributed by atoms with E-state index in [1.54, 1.807) is 0 Å². The molecular weight excluding hydrogens is 215 g/mol. The molecule has 1 aromatic carbocycles. The van der Waals surface area contributed by atoms with Crippen molar-refractivity contribution in [1.29, 1.82) is 0 Å². The highest BCUT2D eigenvalue weighted by atomic mass is 31.1. The Bertz CT molecular complexity index is 360. The largest absolute Gasteiger partial charge is 0.483 e. The predicted molar refractivity (Wildman–Crippen MR) is 71.8 cm³/mol. The van der Waals surface area contributed by atoms with Gasteiger partial charge in [-0.2, -0.15) is 0 Å². The number of benzene rings is 1. The molecular formula is C14H21OP. The Hall–Kier alpha value is -0.550. The van der Waals surface area contributed by atoms with Crippen molar-refractivity contribution >= 4 is 7.92 Å². The van der Waals surface area contributed by atoms with Gasteiger partial charge >= 0.3 is 0 Å². The van der Waals surface area contributed by atoms with E-state index in [0.717, 1.165) is 17.8 Å². The van der Waals surface area contributed by atoms with E-state index in [9.17, 15) is 0 Å². The summed E-state index contributed by atoms with van der Waals surface area (Å²) in [6, 6.07) is 8.42. The van der Waals surface area contributed by atoms with Gasteiger partial charge in [0.05, 0.1) is 0 Å². The Morgan fingerprint density at radius 2 is 1.94 bits per heavy atom. The first-order valence-electron chi connectivity index (χ1n) is 6.07. The molecule has 16 heavy (non-hydrogen) atoms. The van der Waals surface area contributed by atoms with Crippen LogP contribution in [0.1, 0.15) is 32.8 Å². The van der Waals surface area contributed by atoms with Crippen molar-refractivity contribution in [3.05, 3.63) is 29.8 Å². The molecule has 2 heteroatoms. The van der Waals surface area contributed by atoms with Gasteiger partial charge in [-0.05, 0) is 44.2 Å². The summed E-state index contributed by atoms with van der Waals surface area (Å²) < 4.78 is 6.23. The van der Waals surface area contributed by atoms with Crippen LogP contribution in [0.2, 0.25) is 0 Å². The van der Waals surface area contributed by atoms with Gasteiger partial charge in [0.15, 0.2) is 0 Å². The average molecular weight is 236 g/mol. The van der Waals surface area contributed by atoms with E-state index in [0.29, 0.717) is 0 Å². The second kappa shape index (κ2) is 4.37. The quantitative estimate of drug-likeness (QED) is 0.705. The molecule has 0 aliphatic carbocycles. The highest BCUT2D eigenvalue weighted by Gasteiger charge is 2.47. The van der Waals surface area contributed by atoms with Crippen LogP contribution in [0.5, 0.6) is 5.75 Å². The van der Waals surface area contributed by atoms with Crippen LogP contribution in [0.25, 0.3) is 0 Å². The molecule has 1 saturated heterocycles. The van der Waals surface area contributed by atoms with E-state index in [2.05, 4.69) is 52.0 Å². The van der Waals surface area contributed by atoms with Crippen molar-refractivity contribution < 1.29 is 4.74 Å². The van der Waals surface area contributed by atoms with Gasteiger partial charge in [0, 0.05) is 0 Å². The Morgan fingerprint density at radius 3 is 2.38 bits per heavy atom. The first-order chi connectivity index (χ1) is 7.55. The van der Waals surface area contributed by atoms with E-state index in [-0.39, 0.29) is 13.3 Å². The van der Waals surface area contributed by atoms with Gasteiger partial charge in [-0.3, -0.25) is 0 Å². The Morgan fingerprint density at radius 1 is 1.38 bits per heavy atom. The van der Waals surface area contributed by atoms with Crippen LogP contribution in [-0.2, 0) is 0 Å². The van der Waals surface area contributed by atoms with E-state index in [1.165, 1.54) is 11.7 Å². The Kier molecular flexibility index (Phi) is 3.26. The van der Waals surface area contributed by atoms with Crippen LogP contribution >= 0.6 is 7.92 Å². The maximum Gasteiger partial charge on any atom is 0.124 e. The molecule has 1 aliphatic heterocycles. The van der Waals surface area contributed by atoms with E-state index < -0.39 is 0 Å². The highest BCUT2D eigenvalue weighted by Crippen LogP contribution is 2.68. The topological polar surface area (TPSA) is 9.23 Å². The Labute approximate surface area is 100.0 Å². The van der Waals surface area contributed by atoms with Crippen molar-refractivity contribution in [2.75, 3.05) is 6.16 Å². The maximum atomic E-state index is 6.23. The number of rotatable bonds is 4. The molecule has 1 heterocycles. The summed E-state index contributed by atoms with van der Waals surface area (Å²) >= 11 is 0. The van der Waals surface area contributed by atoms with E-state index in [4.69, 9.17) is 4.74 Å². The lowest BCUT2D eigenvalue weighted by Gasteiger charge is -2.30. The maximum absolute atomic E-state index is 6.23. The van der Waals surface area contributed by atoms with Crippen molar-refractivity contribution in [1.82, 2.24) is 0 Å². The zero-order valence-electron chi connectivity index (χ0n) is 10.7. The van der Waals surface area contributed by atoms with E-state index in [1.807, 2.05) is 0 Å². The molecule has 88 valence electrons. The fourth-order valence-electron chi connectivity index (χ4n) is 2.09. The van der Waals surface area contributed by atoms with Gasteiger partial charge in [-0.1, -0.05) is 39.5 Å². The predicted octanol–water partition coefficient (Wildman–Crippen LogP) is 4.38.